The highest BCUT2D eigenvalue weighted by Crippen LogP contribution is 2.31. The molecule has 114 valence electrons. The Labute approximate surface area is 133 Å². The fourth-order valence-corrected chi connectivity index (χ4v) is 3.61. The molecule has 1 amide bonds. The van der Waals surface area contributed by atoms with E-state index in [1.54, 1.807) is 4.90 Å². The number of para-hydroxylation sites is 1. The number of esters is 1. The molecule has 5 heteroatoms. The predicted molar refractivity (Wildman–Crippen MR) is 86.4 cm³/mol. The summed E-state index contributed by atoms with van der Waals surface area (Å²) in [5.74, 6) is -0.610. The first-order valence-electron chi connectivity index (χ1n) is 7.19. The largest absolute Gasteiger partial charge is 0.451 e. The molecule has 1 aromatic heterocycles. The third-order valence-corrected chi connectivity index (χ3v) is 4.85. The van der Waals surface area contributed by atoms with Gasteiger partial charge in [-0.25, -0.2) is 4.79 Å². The van der Waals surface area contributed by atoms with Gasteiger partial charge in [-0.05, 0) is 48.9 Å². The van der Waals surface area contributed by atoms with Crippen LogP contribution in [0.25, 0.3) is 0 Å². The quantitative estimate of drug-likeness (QED) is 0.817. The van der Waals surface area contributed by atoms with Gasteiger partial charge in [0.2, 0.25) is 0 Å². The zero-order valence-electron chi connectivity index (χ0n) is 12.5. The number of ether oxygens (including phenoxy) is 1. The van der Waals surface area contributed by atoms with E-state index in [1.807, 2.05) is 49.6 Å². The summed E-state index contributed by atoms with van der Waals surface area (Å²) in [5.41, 5.74) is 2.95. The van der Waals surface area contributed by atoms with E-state index in [0.29, 0.717) is 4.88 Å². The number of benzene rings is 1. The molecule has 0 bridgehead atoms. The van der Waals surface area contributed by atoms with Gasteiger partial charge in [0.05, 0.1) is 0 Å². The molecule has 1 aliphatic rings. The number of hydrogen-bond acceptors (Lipinski definition) is 4. The normalized spacial score (nSPS) is 16.5. The highest BCUT2D eigenvalue weighted by atomic mass is 32.1. The van der Waals surface area contributed by atoms with Gasteiger partial charge in [-0.2, -0.15) is 0 Å². The summed E-state index contributed by atoms with van der Waals surface area (Å²) >= 11 is 1.33. The third kappa shape index (κ3) is 2.64. The van der Waals surface area contributed by atoms with Crippen molar-refractivity contribution in [2.75, 3.05) is 11.5 Å². The number of aryl methyl sites for hydroxylation is 1. The van der Waals surface area contributed by atoms with E-state index >= 15 is 0 Å². The van der Waals surface area contributed by atoms with Crippen LogP contribution < -0.4 is 4.90 Å². The zero-order valence-corrected chi connectivity index (χ0v) is 13.4. The molecule has 1 aliphatic heterocycles. The van der Waals surface area contributed by atoms with Crippen LogP contribution in [-0.2, 0) is 16.0 Å². The number of hydrogen-bond donors (Lipinski definition) is 0. The lowest BCUT2D eigenvalue weighted by Crippen LogP contribution is -2.38. The lowest BCUT2D eigenvalue weighted by atomic mass is 10.1. The van der Waals surface area contributed by atoms with Crippen LogP contribution in [0.4, 0.5) is 5.69 Å². The van der Waals surface area contributed by atoms with Crippen molar-refractivity contribution < 1.29 is 14.3 Å². The second kappa shape index (κ2) is 5.93. The molecule has 0 saturated carbocycles. The minimum absolute atomic E-state index is 0.0899. The van der Waals surface area contributed by atoms with E-state index in [-0.39, 0.29) is 18.6 Å². The molecule has 1 aromatic carbocycles. The van der Waals surface area contributed by atoms with Crippen molar-refractivity contribution in [2.24, 2.45) is 0 Å². The molecular weight excluding hydrogens is 298 g/mol. The Morgan fingerprint density at radius 2 is 2.09 bits per heavy atom. The van der Waals surface area contributed by atoms with Crippen LogP contribution in [-0.4, -0.2) is 24.5 Å². The van der Waals surface area contributed by atoms with Crippen LogP contribution in [0.1, 0.15) is 27.7 Å². The molecule has 1 atom stereocenters. The van der Waals surface area contributed by atoms with Gasteiger partial charge in [-0.15, -0.1) is 11.3 Å². The van der Waals surface area contributed by atoms with E-state index in [2.05, 4.69) is 0 Å². The molecule has 4 nitrogen and oxygen atoms in total. The minimum atomic E-state index is -0.430. The molecule has 1 unspecified atom stereocenters. The highest BCUT2D eigenvalue weighted by Gasteiger charge is 2.31. The minimum Gasteiger partial charge on any atom is -0.451 e. The average Bonchev–Trinajstić information content (AvgIpc) is 3.06. The van der Waals surface area contributed by atoms with E-state index in [4.69, 9.17) is 4.74 Å². The first-order valence-corrected chi connectivity index (χ1v) is 8.07. The van der Waals surface area contributed by atoms with Crippen molar-refractivity contribution >= 4 is 28.9 Å². The van der Waals surface area contributed by atoms with Crippen LogP contribution in [0.3, 0.4) is 0 Å². The lowest BCUT2D eigenvalue weighted by Gasteiger charge is -2.22. The fourth-order valence-electron chi connectivity index (χ4n) is 2.79. The molecule has 0 fully saturated rings. The topological polar surface area (TPSA) is 46.6 Å². The Hall–Kier alpha value is -2.14. The first kappa shape index (κ1) is 14.8. The van der Waals surface area contributed by atoms with Crippen LogP contribution in [0, 0.1) is 6.92 Å². The number of amides is 1. The van der Waals surface area contributed by atoms with E-state index in [9.17, 15) is 9.59 Å². The SMILES string of the molecule is Cc1ccsc1C(=O)OCC(=O)N1c2ccccc2CC1C. The van der Waals surface area contributed by atoms with E-state index in [1.165, 1.54) is 11.3 Å². The Kier molecular flexibility index (Phi) is 3.98. The van der Waals surface area contributed by atoms with Crippen molar-refractivity contribution in [3.8, 4) is 0 Å². The van der Waals surface area contributed by atoms with Gasteiger partial charge in [-0.1, -0.05) is 18.2 Å². The Morgan fingerprint density at radius 3 is 2.82 bits per heavy atom. The molecule has 3 rings (SSSR count). The molecule has 2 aromatic rings. The Balaban J connectivity index is 1.68. The van der Waals surface area contributed by atoms with Crippen molar-refractivity contribution in [1.82, 2.24) is 0 Å². The monoisotopic (exact) mass is 315 g/mol. The van der Waals surface area contributed by atoms with Crippen LogP contribution in [0.15, 0.2) is 35.7 Å². The number of rotatable bonds is 3. The summed E-state index contributed by atoms with van der Waals surface area (Å²) in [6.07, 6.45) is 0.833. The van der Waals surface area contributed by atoms with Gasteiger partial charge < -0.3 is 9.64 Å². The number of carbonyl (C=O) groups excluding carboxylic acids is 2. The number of fused-ring (bicyclic) bond motifs is 1. The van der Waals surface area contributed by atoms with Crippen molar-refractivity contribution in [3.05, 3.63) is 51.7 Å². The van der Waals surface area contributed by atoms with Gasteiger partial charge in [0.25, 0.3) is 5.91 Å². The second-order valence-corrected chi connectivity index (χ2v) is 6.37. The van der Waals surface area contributed by atoms with Crippen LogP contribution in [0.2, 0.25) is 0 Å². The van der Waals surface area contributed by atoms with Gasteiger partial charge >= 0.3 is 5.97 Å². The van der Waals surface area contributed by atoms with Crippen LogP contribution in [0.5, 0.6) is 0 Å². The number of carbonyl (C=O) groups is 2. The Morgan fingerprint density at radius 1 is 1.32 bits per heavy atom. The molecule has 0 spiro atoms. The first-order chi connectivity index (χ1) is 10.6. The smallest absolute Gasteiger partial charge is 0.349 e. The number of thiophene rings is 1. The number of anilines is 1. The highest BCUT2D eigenvalue weighted by molar-refractivity contribution is 7.12. The standard InChI is InChI=1S/C17H17NO3S/c1-11-7-8-22-16(11)17(20)21-10-15(19)18-12(2)9-13-5-3-4-6-14(13)18/h3-8,12H,9-10H2,1-2H3. The van der Waals surface area contributed by atoms with Crippen LogP contribution >= 0.6 is 11.3 Å². The fraction of sp³-hybridized carbons (Fsp3) is 0.294. The van der Waals surface area contributed by atoms with Gasteiger partial charge in [-0.3, -0.25) is 4.79 Å². The molecule has 0 saturated heterocycles. The molecule has 0 aliphatic carbocycles. The summed E-state index contributed by atoms with van der Waals surface area (Å²) in [6, 6.07) is 9.80. The molecule has 0 radical (unpaired) electrons. The van der Waals surface area contributed by atoms with Gasteiger partial charge in [0.1, 0.15) is 4.88 Å². The summed E-state index contributed by atoms with van der Waals surface area (Å²) in [4.78, 5) is 26.7. The maximum Gasteiger partial charge on any atom is 0.349 e. The summed E-state index contributed by atoms with van der Waals surface area (Å²) < 4.78 is 5.19. The summed E-state index contributed by atoms with van der Waals surface area (Å²) in [7, 11) is 0. The third-order valence-electron chi connectivity index (χ3n) is 3.85. The summed E-state index contributed by atoms with van der Waals surface area (Å²) in [6.45, 7) is 3.63. The maximum absolute atomic E-state index is 12.4. The number of nitrogens with zero attached hydrogens (tertiary/aromatic N) is 1. The second-order valence-electron chi connectivity index (χ2n) is 5.45. The van der Waals surface area contributed by atoms with E-state index in [0.717, 1.165) is 23.2 Å². The van der Waals surface area contributed by atoms with Gasteiger partial charge in [0, 0.05) is 11.7 Å². The maximum atomic E-state index is 12.4. The molecule has 0 N–H and O–H groups in total. The average molecular weight is 315 g/mol. The van der Waals surface area contributed by atoms with Crippen molar-refractivity contribution in [3.63, 3.8) is 0 Å². The van der Waals surface area contributed by atoms with Gasteiger partial charge in [0.15, 0.2) is 6.61 Å². The van der Waals surface area contributed by atoms with Crippen molar-refractivity contribution in [2.45, 2.75) is 26.3 Å². The lowest BCUT2D eigenvalue weighted by molar-refractivity contribution is -0.122. The van der Waals surface area contributed by atoms with Crippen molar-refractivity contribution in [1.29, 1.82) is 0 Å². The molecular formula is C17H17NO3S. The molecule has 2 heterocycles. The zero-order chi connectivity index (χ0) is 15.7. The Bertz CT molecular complexity index is 722. The predicted octanol–water partition coefficient (Wildman–Crippen LogP) is 3.19. The van der Waals surface area contributed by atoms with E-state index < -0.39 is 5.97 Å². The summed E-state index contributed by atoms with van der Waals surface area (Å²) in [5, 5.41) is 1.84. The molecule has 22 heavy (non-hydrogen) atoms.